The number of benzene rings is 1. The van der Waals surface area contributed by atoms with Crippen molar-refractivity contribution in [2.45, 2.75) is 33.7 Å². The maximum absolute atomic E-state index is 13.4. The van der Waals surface area contributed by atoms with Gasteiger partial charge >= 0.3 is 0 Å². The summed E-state index contributed by atoms with van der Waals surface area (Å²) in [5.41, 5.74) is 5.23. The summed E-state index contributed by atoms with van der Waals surface area (Å²) < 4.78 is 18.4. The van der Waals surface area contributed by atoms with Crippen molar-refractivity contribution in [1.29, 1.82) is 0 Å². The lowest BCUT2D eigenvalue weighted by Crippen LogP contribution is -2.11. The number of ether oxygens (including phenoxy) is 1. The average molecular weight is 288 g/mol. The molecule has 2 aromatic rings. The highest BCUT2D eigenvalue weighted by Gasteiger charge is 2.14. The van der Waals surface area contributed by atoms with Crippen LogP contribution in [0.4, 0.5) is 10.1 Å². The van der Waals surface area contributed by atoms with Crippen LogP contribution in [-0.2, 0) is 0 Å². The first-order valence-electron chi connectivity index (χ1n) is 6.97. The highest BCUT2D eigenvalue weighted by Crippen LogP contribution is 2.27. The molecule has 112 valence electrons. The molecule has 0 aliphatic rings. The van der Waals surface area contributed by atoms with Crippen LogP contribution in [0.1, 0.15) is 35.5 Å². The normalized spacial score (nSPS) is 12.1. The van der Waals surface area contributed by atoms with Crippen molar-refractivity contribution in [3.05, 3.63) is 52.6 Å². The van der Waals surface area contributed by atoms with Gasteiger partial charge < -0.3 is 10.1 Å². The first-order chi connectivity index (χ1) is 9.92. The summed E-state index contributed by atoms with van der Waals surface area (Å²) in [7, 11) is 1.46. The highest BCUT2D eigenvalue weighted by atomic mass is 19.1. The van der Waals surface area contributed by atoms with Gasteiger partial charge in [0.05, 0.1) is 13.2 Å². The van der Waals surface area contributed by atoms with Crippen LogP contribution in [0.5, 0.6) is 5.75 Å². The Morgan fingerprint density at radius 1 is 1.19 bits per heavy atom. The van der Waals surface area contributed by atoms with Crippen LogP contribution >= 0.6 is 0 Å². The Hall–Kier alpha value is -2.10. The molecule has 0 spiro atoms. The lowest BCUT2D eigenvalue weighted by molar-refractivity contribution is 0.387. The van der Waals surface area contributed by atoms with Crippen LogP contribution in [0.2, 0.25) is 0 Å². The fraction of sp³-hybridized carbons (Fsp3) is 0.353. The molecule has 0 saturated heterocycles. The minimum atomic E-state index is -0.361. The fourth-order valence-electron chi connectivity index (χ4n) is 2.76. The van der Waals surface area contributed by atoms with Gasteiger partial charge in [-0.2, -0.15) is 0 Å². The Kier molecular flexibility index (Phi) is 4.46. The molecule has 1 heterocycles. The van der Waals surface area contributed by atoms with E-state index in [1.807, 2.05) is 13.8 Å². The summed E-state index contributed by atoms with van der Waals surface area (Å²) >= 11 is 0. The van der Waals surface area contributed by atoms with E-state index in [2.05, 4.69) is 30.2 Å². The second kappa shape index (κ2) is 6.12. The summed E-state index contributed by atoms with van der Waals surface area (Å²) in [6.07, 6.45) is 0. The van der Waals surface area contributed by atoms with Gasteiger partial charge in [-0.15, -0.1) is 0 Å². The SMILES string of the molecule is COc1cc(NC(C)c2c(C)cc(C)nc2C)ccc1F. The molecule has 0 fully saturated rings. The van der Waals surface area contributed by atoms with Crippen molar-refractivity contribution < 1.29 is 9.13 Å². The van der Waals surface area contributed by atoms with E-state index in [-0.39, 0.29) is 17.6 Å². The number of anilines is 1. The zero-order valence-corrected chi connectivity index (χ0v) is 13.1. The minimum Gasteiger partial charge on any atom is -0.494 e. The molecule has 21 heavy (non-hydrogen) atoms. The molecule has 0 aliphatic heterocycles. The number of aromatic nitrogens is 1. The van der Waals surface area contributed by atoms with Crippen molar-refractivity contribution >= 4 is 5.69 Å². The van der Waals surface area contributed by atoms with Crippen molar-refractivity contribution in [3.63, 3.8) is 0 Å². The molecule has 0 amide bonds. The molecule has 1 aromatic heterocycles. The van der Waals surface area contributed by atoms with E-state index in [1.165, 1.54) is 24.3 Å². The van der Waals surface area contributed by atoms with E-state index in [4.69, 9.17) is 4.74 Å². The third kappa shape index (κ3) is 3.32. The van der Waals surface area contributed by atoms with Gasteiger partial charge in [0.15, 0.2) is 11.6 Å². The van der Waals surface area contributed by atoms with Gasteiger partial charge in [-0.3, -0.25) is 4.98 Å². The number of aryl methyl sites for hydroxylation is 3. The van der Waals surface area contributed by atoms with Gasteiger partial charge in [-0.05, 0) is 57.0 Å². The molecule has 0 saturated carbocycles. The Morgan fingerprint density at radius 3 is 2.52 bits per heavy atom. The van der Waals surface area contributed by atoms with Gasteiger partial charge in [0, 0.05) is 23.1 Å². The van der Waals surface area contributed by atoms with Crippen LogP contribution in [0.25, 0.3) is 0 Å². The molecule has 1 atom stereocenters. The molecule has 0 bridgehead atoms. The summed E-state index contributed by atoms with van der Waals surface area (Å²) in [6, 6.07) is 6.93. The Morgan fingerprint density at radius 2 is 1.90 bits per heavy atom. The lowest BCUT2D eigenvalue weighted by atomic mass is 10.00. The number of nitrogens with one attached hydrogen (secondary N) is 1. The molecule has 0 radical (unpaired) electrons. The van der Waals surface area contributed by atoms with E-state index in [0.29, 0.717) is 0 Å². The topological polar surface area (TPSA) is 34.1 Å². The number of pyridine rings is 1. The predicted octanol–water partition coefficient (Wildman–Crippen LogP) is 4.33. The molecule has 3 nitrogen and oxygen atoms in total. The van der Waals surface area contributed by atoms with Crippen LogP contribution in [0.15, 0.2) is 24.3 Å². The smallest absolute Gasteiger partial charge is 0.165 e. The van der Waals surface area contributed by atoms with E-state index >= 15 is 0 Å². The highest BCUT2D eigenvalue weighted by molar-refractivity contribution is 5.51. The maximum Gasteiger partial charge on any atom is 0.165 e. The number of hydrogen-bond donors (Lipinski definition) is 1. The molecule has 2 rings (SSSR count). The van der Waals surface area contributed by atoms with Crippen molar-refractivity contribution in [2.75, 3.05) is 12.4 Å². The van der Waals surface area contributed by atoms with Gasteiger partial charge in [-0.25, -0.2) is 4.39 Å². The number of hydrogen-bond acceptors (Lipinski definition) is 3. The molecular weight excluding hydrogens is 267 g/mol. The number of nitrogens with zero attached hydrogens (tertiary/aromatic N) is 1. The molecule has 0 aliphatic carbocycles. The predicted molar refractivity (Wildman–Crippen MR) is 83.4 cm³/mol. The summed E-state index contributed by atoms with van der Waals surface area (Å²) in [5.74, 6) is -0.122. The Labute approximate surface area is 125 Å². The van der Waals surface area contributed by atoms with Crippen LogP contribution in [-0.4, -0.2) is 12.1 Å². The molecule has 1 N–H and O–H groups in total. The van der Waals surface area contributed by atoms with Gasteiger partial charge in [0.25, 0.3) is 0 Å². The van der Waals surface area contributed by atoms with Gasteiger partial charge in [-0.1, -0.05) is 0 Å². The van der Waals surface area contributed by atoms with Crippen molar-refractivity contribution in [3.8, 4) is 5.75 Å². The van der Waals surface area contributed by atoms with E-state index < -0.39 is 0 Å². The van der Waals surface area contributed by atoms with Crippen molar-refractivity contribution in [2.24, 2.45) is 0 Å². The van der Waals surface area contributed by atoms with Crippen LogP contribution in [0.3, 0.4) is 0 Å². The molecule has 1 aromatic carbocycles. The monoisotopic (exact) mass is 288 g/mol. The lowest BCUT2D eigenvalue weighted by Gasteiger charge is -2.20. The minimum absolute atomic E-state index is 0.0771. The van der Waals surface area contributed by atoms with Crippen LogP contribution < -0.4 is 10.1 Å². The molecule has 1 unspecified atom stereocenters. The third-order valence-corrected chi connectivity index (χ3v) is 3.55. The molecular formula is C17H21FN2O. The fourth-order valence-corrected chi connectivity index (χ4v) is 2.76. The zero-order chi connectivity index (χ0) is 15.6. The van der Waals surface area contributed by atoms with E-state index in [0.717, 1.165) is 17.1 Å². The van der Waals surface area contributed by atoms with E-state index in [9.17, 15) is 4.39 Å². The second-order valence-corrected chi connectivity index (χ2v) is 5.29. The zero-order valence-electron chi connectivity index (χ0n) is 13.1. The second-order valence-electron chi connectivity index (χ2n) is 5.29. The van der Waals surface area contributed by atoms with Gasteiger partial charge in [0.1, 0.15) is 0 Å². The Bertz CT molecular complexity index is 632. The molecule has 4 heteroatoms. The number of methoxy groups -OCH3 is 1. The first kappa shape index (κ1) is 15.3. The first-order valence-corrected chi connectivity index (χ1v) is 6.97. The standard InChI is InChI=1S/C17H21FN2O/c1-10-8-11(2)19-12(3)17(10)13(4)20-14-6-7-15(18)16(9-14)21-5/h6-9,13,20H,1-5H3. The number of halogens is 1. The summed E-state index contributed by atoms with van der Waals surface area (Å²) in [6.45, 7) is 8.16. The average Bonchev–Trinajstić information content (AvgIpc) is 2.39. The third-order valence-electron chi connectivity index (χ3n) is 3.55. The van der Waals surface area contributed by atoms with Crippen molar-refractivity contribution in [1.82, 2.24) is 4.98 Å². The maximum atomic E-state index is 13.4. The van der Waals surface area contributed by atoms with E-state index in [1.54, 1.807) is 12.1 Å². The van der Waals surface area contributed by atoms with Gasteiger partial charge in [0.2, 0.25) is 0 Å². The summed E-state index contributed by atoms with van der Waals surface area (Å²) in [5, 5.41) is 3.37. The quantitative estimate of drug-likeness (QED) is 0.909. The number of rotatable bonds is 4. The Balaban J connectivity index is 2.28. The van der Waals surface area contributed by atoms with Crippen LogP contribution in [0, 0.1) is 26.6 Å². The summed E-state index contributed by atoms with van der Waals surface area (Å²) in [4.78, 5) is 4.52. The largest absolute Gasteiger partial charge is 0.494 e.